The first-order valence-corrected chi connectivity index (χ1v) is 7.85. The third-order valence-corrected chi connectivity index (χ3v) is 3.71. The summed E-state index contributed by atoms with van der Waals surface area (Å²) in [5.41, 5.74) is 1.19. The van der Waals surface area contributed by atoms with Crippen LogP contribution in [-0.2, 0) is 16.1 Å². The molecule has 0 amide bonds. The molecule has 2 rings (SSSR count). The largest absolute Gasteiger partial charge is 0.457 e. The van der Waals surface area contributed by atoms with Gasteiger partial charge >= 0.3 is 5.97 Å². The molecule has 1 aliphatic rings. The van der Waals surface area contributed by atoms with Crippen LogP contribution in [0.3, 0.4) is 0 Å². The Morgan fingerprint density at radius 2 is 1.95 bits per heavy atom. The van der Waals surface area contributed by atoms with Gasteiger partial charge in [0.1, 0.15) is 0 Å². The zero-order chi connectivity index (χ0) is 16.3. The summed E-state index contributed by atoms with van der Waals surface area (Å²) in [5.74, 6) is 0.134. The van der Waals surface area contributed by atoms with Crippen LogP contribution in [0, 0.1) is 5.41 Å². The Morgan fingerprint density at radius 1 is 1.32 bits per heavy atom. The molecule has 1 heterocycles. The molecule has 0 radical (unpaired) electrons. The average Bonchev–Trinajstić information content (AvgIpc) is 2.83. The van der Waals surface area contributed by atoms with E-state index in [1.807, 2.05) is 36.9 Å². The van der Waals surface area contributed by atoms with E-state index in [9.17, 15) is 4.79 Å². The van der Waals surface area contributed by atoms with Gasteiger partial charge in [-0.2, -0.15) is 0 Å². The number of benzene rings is 1. The van der Waals surface area contributed by atoms with Gasteiger partial charge in [0, 0.05) is 13.1 Å². The molecular formula is C18H26N2O2. The highest BCUT2D eigenvalue weighted by Crippen LogP contribution is 2.28. The van der Waals surface area contributed by atoms with E-state index in [4.69, 9.17) is 4.74 Å². The van der Waals surface area contributed by atoms with Gasteiger partial charge in [-0.05, 0) is 24.8 Å². The van der Waals surface area contributed by atoms with Crippen LogP contribution in [0.5, 0.6) is 0 Å². The van der Waals surface area contributed by atoms with Gasteiger partial charge in [-0.15, -0.1) is 0 Å². The Bertz CT molecular complexity index is 544. The van der Waals surface area contributed by atoms with E-state index in [0.29, 0.717) is 12.4 Å². The van der Waals surface area contributed by atoms with Crippen molar-refractivity contribution < 1.29 is 9.53 Å². The van der Waals surface area contributed by atoms with Gasteiger partial charge in [0.15, 0.2) is 0 Å². The Morgan fingerprint density at radius 3 is 2.50 bits per heavy atom. The molecule has 120 valence electrons. The highest BCUT2D eigenvalue weighted by Gasteiger charge is 2.36. The molecule has 0 spiro atoms. The van der Waals surface area contributed by atoms with Crippen molar-refractivity contribution in [3.63, 3.8) is 0 Å². The number of esters is 1. The number of carbonyl (C=O) groups is 1. The van der Waals surface area contributed by atoms with Crippen molar-refractivity contribution in [2.24, 2.45) is 10.4 Å². The highest BCUT2D eigenvalue weighted by atomic mass is 16.5. The minimum absolute atomic E-state index is 0.0226. The second-order valence-electron chi connectivity index (χ2n) is 7.15. The molecule has 0 fully saturated rings. The molecule has 1 atom stereocenters. The van der Waals surface area contributed by atoms with Crippen LogP contribution in [0.1, 0.15) is 40.2 Å². The van der Waals surface area contributed by atoms with Gasteiger partial charge in [-0.3, -0.25) is 4.99 Å². The van der Waals surface area contributed by atoms with E-state index in [2.05, 4.69) is 37.9 Å². The maximum absolute atomic E-state index is 12.3. The third-order valence-electron chi connectivity index (χ3n) is 3.71. The Kier molecular flexibility index (Phi) is 4.89. The van der Waals surface area contributed by atoms with Crippen molar-refractivity contribution in [2.45, 2.75) is 53.3 Å². The molecule has 0 aromatic heterocycles. The molecule has 4 heteroatoms. The predicted molar refractivity (Wildman–Crippen MR) is 88.8 cm³/mol. The zero-order valence-electron chi connectivity index (χ0n) is 14.2. The van der Waals surface area contributed by atoms with Crippen molar-refractivity contribution in [1.29, 1.82) is 0 Å². The number of carbonyl (C=O) groups excluding carboxylic acids is 1. The number of nitrogens with zero attached hydrogens (tertiary/aromatic N) is 2. The van der Waals surface area contributed by atoms with Gasteiger partial charge in [0.25, 0.3) is 0 Å². The molecule has 22 heavy (non-hydrogen) atoms. The molecule has 0 saturated carbocycles. The summed E-state index contributed by atoms with van der Waals surface area (Å²) in [6, 6.07) is 10.2. The summed E-state index contributed by atoms with van der Waals surface area (Å²) in [6.07, 6.45) is -0.137. The Hall–Kier alpha value is -1.84. The molecule has 0 N–H and O–H groups in total. The monoisotopic (exact) mass is 302 g/mol. The lowest BCUT2D eigenvalue weighted by Crippen LogP contribution is -2.37. The van der Waals surface area contributed by atoms with Crippen LogP contribution in [0.15, 0.2) is 35.3 Å². The van der Waals surface area contributed by atoms with E-state index in [0.717, 1.165) is 6.54 Å². The molecule has 1 aliphatic heterocycles. The number of ether oxygens (including phenoxy) is 1. The van der Waals surface area contributed by atoms with Gasteiger partial charge in [-0.25, -0.2) is 4.79 Å². The first kappa shape index (κ1) is 16.5. The number of hydrogen-bond acceptors (Lipinski definition) is 4. The van der Waals surface area contributed by atoms with Crippen molar-refractivity contribution in [3.05, 3.63) is 35.9 Å². The van der Waals surface area contributed by atoms with Crippen LogP contribution in [0.4, 0.5) is 0 Å². The lowest BCUT2D eigenvalue weighted by Gasteiger charge is -2.26. The van der Waals surface area contributed by atoms with Crippen LogP contribution < -0.4 is 0 Å². The van der Waals surface area contributed by atoms with Gasteiger partial charge in [0.05, 0.1) is 12.1 Å². The van der Waals surface area contributed by atoms with Crippen molar-refractivity contribution in [3.8, 4) is 0 Å². The summed E-state index contributed by atoms with van der Waals surface area (Å²) < 4.78 is 5.35. The molecule has 0 unspecified atom stereocenters. The zero-order valence-corrected chi connectivity index (χ0v) is 14.2. The summed E-state index contributed by atoms with van der Waals surface area (Å²) in [4.78, 5) is 19.0. The summed E-state index contributed by atoms with van der Waals surface area (Å²) in [7, 11) is 0. The first-order valence-electron chi connectivity index (χ1n) is 7.85. The topological polar surface area (TPSA) is 41.9 Å². The number of amidine groups is 1. The minimum atomic E-state index is -0.322. The minimum Gasteiger partial charge on any atom is -0.457 e. The third kappa shape index (κ3) is 4.09. The lowest BCUT2D eigenvalue weighted by atomic mass is 9.87. The summed E-state index contributed by atoms with van der Waals surface area (Å²) in [6.45, 7) is 11.6. The predicted octanol–water partition coefficient (Wildman–Crippen LogP) is 3.27. The summed E-state index contributed by atoms with van der Waals surface area (Å²) in [5, 5.41) is 0. The van der Waals surface area contributed by atoms with Gasteiger partial charge in [0.2, 0.25) is 5.84 Å². The number of hydrogen-bond donors (Lipinski definition) is 0. The van der Waals surface area contributed by atoms with Crippen LogP contribution in [0.25, 0.3) is 0 Å². The molecule has 1 aromatic carbocycles. The number of aliphatic imine (C=N–C) groups is 1. The van der Waals surface area contributed by atoms with E-state index in [-0.39, 0.29) is 23.5 Å². The van der Waals surface area contributed by atoms with Crippen LogP contribution >= 0.6 is 0 Å². The first-order chi connectivity index (χ1) is 10.3. The van der Waals surface area contributed by atoms with E-state index < -0.39 is 0 Å². The Balaban J connectivity index is 2.20. The average molecular weight is 302 g/mol. The second-order valence-corrected chi connectivity index (χ2v) is 7.15. The maximum atomic E-state index is 12.3. The SMILES string of the molecule is CC(C)OC(=O)C1=N[C@@H](C(C)(C)C)CN1Cc1ccccc1. The van der Waals surface area contributed by atoms with Crippen molar-refractivity contribution in [1.82, 2.24) is 4.90 Å². The van der Waals surface area contributed by atoms with E-state index in [1.54, 1.807) is 0 Å². The van der Waals surface area contributed by atoms with E-state index in [1.165, 1.54) is 5.56 Å². The smallest absolute Gasteiger partial charge is 0.374 e. The fourth-order valence-corrected chi connectivity index (χ4v) is 2.42. The normalized spacial score (nSPS) is 18.5. The van der Waals surface area contributed by atoms with Crippen LogP contribution in [0.2, 0.25) is 0 Å². The molecular weight excluding hydrogens is 276 g/mol. The standard InChI is InChI=1S/C18H26N2O2/c1-13(2)22-17(21)16-19-15(18(3,4)5)12-20(16)11-14-9-7-6-8-10-14/h6-10,13,15H,11-12H2,1-5H3/t15-/m1/s1. The van der Waals surface area contributed by atoms with Crippen molar-refractivity contribution in [2.75, 3.05) is 6.54 Å². The summed E-state index contributed by atoms with van der Waals surface area (Å²) >= 11 is 0. The molecule has 0 aliphatic carbocycles. The van der Waals surface area contributed by atoms with Gasteiger partial charge < -0.3 is 9.64 Å². The molecule has 0 bridgehead atoms. The fraction of sp³-hybridized carbons (Fsp3) is 0.556. The second kappa shape index (κ2) is 6.51. The van der Waals surface area contributed by atoms with Crippen molar-refractivity contribution >= 4 is 11.8 Å². The molecule has 1 aromatic rings. The fourth-order valence-electron chi connectivity index (χ4n) is 2.42. The molecule has 4 nitrogen and oxygen atoms in total. The highest BCUT2D eigenvalue weighted by molar-refractivity contribution is 6.35. The maximum Gasteiger partial charge on any atom is 0.374 e. The molecule has 0 saturated heterocycles. The van der Waals surface area contributed by atoms with Crippen LogP contribution in [-0.4, -0.2) is 35.4 Å². The lowest BCUT2D eigenvalue weighted by molar-refractivity contribution is -0.139. The number of rotatable bonds is 4. The van der Waals surface area contributed by atoms with E-state index >= 15 is 0 Å². The van der Waals surface area contributed by atoms with Gasteiger partial charge in [-0.1, -0.05) is 51.1 Å². The Labute approximate surface area is 133 Å². The quantitative estimate of drug-likeness (QED) is 0.802.